The molecule has 2 aromatic carbocycles. The third kappa shape index (κ3) is 12.9. The number of para-hydroxylation sites is 1. The maximum absolute atomic E-state index is 14.2. The third-order valence-corrected chi connectivity index (χ3v) is 9.94. The predicted octanol–water partition coefficient (Wildman–Crippen LogP) is 4.06. The standard InChI is InChI=1S/C40H52N6O7S/c1-5-26(4)35(21-47)43-37(49)20-36(48)32(17-25(2)3)44-39(51)34(19-29-23-54-24-42-29)45-38(50)33(46-40(52)53-22-27-11-7-6-8-12-27)18-28-15-16-41-31-14-10-9-13-30(28)31/h6-16,23-26,32-36,47-48H,5,17-22H2,1-4H3,(H,43,49)(H,44,51)(H,45,50)(H,46,52)/t26-,32-,33-,34?,35+,36-/m0/s1. The number of rotatable bonds is 20. The average molecular weight is 761 g/mol. The average Bonchev–Trinajstić information content (AvgIpc) is 3.68. The fraction of sp³-hybridized carbons (Fsp3) is 0.450. The summed E-state index contributed by atoms with van der Waals surface area (Å²) in [6, 6.07) is 14.8. The van der Waals surface area contributed by atoms with Gasteiger partial charge in [-0.1, -0.05) is 82.6 Å². The van der Waals surface area contributed by atoms with Gasteiger partial charge < -0.3 is 36.2 Å². The second-order valence-electron chi connectivity index (χ2n) is 14.0. The molecular formula is C40H52N6O7S. The summed E-state index contributed by atoms with van der Waals surface area (Å²) in [5.74, 6) is -1.61. The van der Waals surface area contributed by atoms with E-state index in [1.165, 1.54) is 11.3 Å². The van der Waals surface area contributed by atoms with E-state index in [1.54, 1.807) is 23.2 Å². The Kier molecular flexibility index (Phi) is 16.3. The molecule has 1 unspecified atom stereocenters. The number of aliphatic hydroxyl groups is 2. The largest absolute Gasteiger partial charge is 0.445 e. The van der Waals surface area contributed by atoms with E-state index in [1.807, 2.05) is 82.3 Å². The number of nitrogens with one attached hydrogen (secondary N) is 4. The van der Waals surface area contributed by atoms with E-state index in [2.05, 4.69) is 31.2 Å². The Morgan fingerprint density at radius 2 is 1.54 bits per heavy atom. The van der Waals surface area contributed by atoms with E-state index < -0.39 is 54.1 Å². The van der Waals surface area contributed by atoms with Crippen molar-refractivity contribution in [3.8, 4) is 0 Å². The number of nitrogens with zero attached hydrogens (tertiary/aromatic N) is 2. The highest BCUT2D eigenvalue weighted by Gasteiger charge is 2.32. The van der Waals surface area contributed by atoms with Crippen LogP contribution in [0.2, 0.25) is 0 Å². The van der Waals surface area contributed by atoms with Gasteiger partial charge in [0.1, 0.15) is 18.7 Å². The number of benzene rings is 2. The van der Waals surface area contributed by atoms with Crippen LogP contribution in [0, 0.1) is 11.8 Å². The van der Waals surface area contributed by atoms with Crippen LogP contribution in [-0.2, 0) is 38.6 Å². The maximum Gasteiger partial charge on any atom is 0.408 e. The van der Waals surface area contributed by atoms with Crippen molar-refractivity contribution in [3.05, 3.63) is 94.6 Å². The summed E-state index contributed by atoms with van der Waals surface area (Å²) < 4.78 is 5.46. The Hall–Kier alpha value is -4.92. The van der Waals surface area contributed by atoms with Gasteiger partial charge in [0.05, 0.1) is 47.9 Å². The summed E-state index contributed by atoms with van der Waals surface area (Å²) >= 11 is 1.34. The minimum absolute atomic E-state index is 0.00999. The molecule has 0 saturated carbocycles. The molecule has 0 saturated heterocycles. The number of carbonyl (C=O) groups excluding carboxylic acids is 4. The first-order valence-corrected chi connectivity index (χ1v) is 19.3. The number of amides is 4. The number of ether oxygens (including phenoxy) is 1. The Morgan fingerprint density at radius 3 is 2.22 bits per heavy atom. The van der Waals surface area contributed by atoms with Crippen molar-refractivity contribution in [1.29, 1.82) is 0 Å². The van der Waals surface area contributed by atoms with Gasteiger partial charge in [-0.2, -0.15) is 0 Å². The molecule has 2 aromatic heterocycles. The Bertz CT molecular complexity index is 1790. The summed E-state index contributed by atoms with van der Waals surface area (Å²) in [5.41, 5.74) is 4.42. The molecule has 14 heteroatoms. The summed E-state index contributed by atoms with van der Waals surface area (Å²) in [7, 11) is 0. The predicted molar refractivity (Wildman–Crippen MR) is 207 cm³/mol. The van der Waals surface area contributed by atoms with Gasteiger partial charge in [0.15, 0.2) is 0 Å². The Morgan fingerprint density at radius 1 is 0.833 bits per heavy atom. The molecule has 4 amide bonds. The van der Waals surface area contributed by atoms with Crippen LogP contribution in [0.1, 0.15) is 63.8 Å². The van der Waals surface area contributed by atoms with Crippen LogP contribution < -0.4 is 21.3 Å². The second kappa shape index (κ2) is 21.1. The van der Waals surface area contributed by atoms with Crippen molar-refractivity contribution in [2.45, 2.75) is 96.7 Å². The Labute approximate surface area is 320 Å². The van der Waals surface area contributed by atoms with E-state index in [4.69, 9.17) is 4.74 Å². The number of aliphatic hydroxyl groups excluding tert-OH is 2. The monoisotopic (exact) mass is 760 g/mol. The van der Waals surface area contributed by atoms with Crippen molar-refractivity contribution in [2.24, 2.45) is 11.8 Å². The lowest BCUT2D eigenvalue weighted by atomic mass is 9.95. The van der Waals surface area contributed by atoms with Gasteiger partial charge in [0.2, 0.25) is 17.7 Å². The smallest absolute Gasteiger partial charge is 0.408 e. The molecule has 0 aliphatic rings. The molecule has 0 aliphatic carbocycles. The van der Waals surface area contributed by atoms with E-state index in [0.717, 1.165) is 28.5 Å². The van der Waals surface area contributed by atoms with E-state index in [0.29, 0.717) is 12.1 Å². The highest BCUT2D eigenvalue weighted by molar-refractivity contribution is 7.07. The molecule has 0 aliphatic heterocycles. The van der Waals surface area contributed by atoms with Crippen molar-refractivity contribution in [2.75, 3.05) is 6.61 Å². The maximum atomic E-state index is 14.2. The molecule has 6 N–H and O–H groups in total. The van der Waals surface area contributed by atoms with Gasteiger partial charge in [-0.3, -0.25) is 19.4 Å². The molecule has 54 heavy (non-hydrogen) atoms. The minimum Gasteiger partial charge on any atom is -0.445 e. The van der Waals surface area contributed by atoms with Gasteiger partial charge in [-0.25, -0.2) is 9.78 Å². The molecule has 2 heterocycles. The minimum atomic E-state index is -1.25. The number of fused-ring (bicyclic) bond motifs is 1. The summed E-state index contributed by atoms with van der Waals surface area (Å²) in [6.07, 6.45) is 0.455. The number of carbonyl (C=O) groups is 4. The first-order chi connectivity index (χ1) is 26.0. The molecule has 290 valence electrons. The number of aromatic nitrogens is 2. The molecule has 6 atom stereocenters. The van der Waals surface area contributed by atoms with E-state index in [-0.39, 0.29) is 44.3 Å². The third-order valence-electron chi connectivity index (χ3n) is 9.30. The van der Waals surface area contributed by atoms with Crippen LogP contribution in [0.5, 0.6) is 0 Å². The van der Waals surface area contributed by atoms with Gasteiger partial charge in [-0.15, -0.1) is 11.3 Å². The fourth-order valence-corrected chi connectivity index (χ4v) is 6.62. The van der Waals surface area contributed by atoms with Crippen LogP contribution >= 0.6 is 11.3 Å². The number of hydrogen-bond donors (Lipinski definition) is 6. The molecule has 4 rings (SSSR count). The number of alkyl carbamates (subject to hydrolysis) is 1. The lowest BCUT2D eigenvalue weighted by Crippen LogP contribution is -2.57. The summed E-state index contributed by atoms with van der Waals surface area (Å²) in [6.45, 7) is 7.49. The summed E-state index contributed by atoms with van der Waals surface area (Å²) in [5, 5.41) is 34.8. The van der Waals surface area contributed by atoms with Gasteiger partial charge in [-0.05, 0) is 41.5 Å². The van der Waals surface area contributed by atoms with Gasteiger partial charge in [0.25, 0.3) is 0 Å². The molecule has 0 fully saturated rings. The van der Waals surface area contributed by atoms with E-state index in [9.17, 15) is 29.4 Å². The zero-order chi connectivity index (χ0) is 39.0. The highest BCUT2D eigenvalue weighted by atomic mass is 32.1. The molecule has 4 aromatic rings. The molecule has 0 spiro atoms. The molecular weight excluding hydrogens is 709 g/mol. The van der Waals surface area contributed by atoms with Crippen LogP contribution in [0.25, 0.3) is 10.9 Å². The van der Waals surface area contributed by atoms with Crippen LogP contribution in [0.3, 0.4) is 0 Å². The van der Waals surface area contributed by atoms with Gasteiger partial charge >= 0.3 is 6.09 Å². The van der Waals surface area contributed by atoms with Crippen LogP contribution in [-0.4, -0.2) is 80.9 Å². The number of thiazole rings is 1. The highest BCUT2D eigenvalue weighted by Crippen LogP contribution is 2.19. The van der Waals surface area contributed by atoms with Crippen molar-refractivity contribution in [1.82, 2.24) is 31.2 Å². The quantitative estimate of drug-likeness (QED) is 0.0771. The lowest BCUT2D eigenvalue weighted by Gasteiger charge is -2.29. The zero-order valence-corrected chi connectivity index (χ0v) is 32.1. The van der Waals surface area contributed by atoms with Crippen molar-refractivity contribution in [3.63, 3.8) is 0 Å². The van der Waals surface area contributed by atoms with Crippen molar-refractivity contribution >= 4 is 46.1 Å². The van der Waals surface area contributed by atoms with Crippen LogP contribution in [0.15, 0.2) is 77.8 Å². The van der Waals surface area contributed by atoms with E-state index >= 15 is 0 Å². The number of pyridine rings is 1. The second-order valence-corrected chi connectivity index (χ2v) is 14.7. The topological polar surface area (TPSA) is 192 Å². The Balaban J connectivity index is 1.55. The van der Waals surface area contributed by atoms with Gasteiger partial charge in [0, 0.05) is 29.8 Å². The normalized spacial score (nSPS) is 14.6. The summed E-state index contributed by atoms with van der Waals surface area (Å²) in [4.78, 5) is 63.0. The lowest BCUT2D eigenvalue weighted by molar-refractivity contribution is -0.131. The molecule has 13 nitrogen and oxygen atoms in total. The number of hydrogen-bond acceptors (Lipinski definition) is 10. The fourth-order valence-electron chi connectivity index (χ4n) is 6.05. The molecule has 0 radical (unpaired) electrons. The molecule has 0 bridgehead atoms. The SMILES string of the molecule is CC[C@H](C)[C@@H](CO)NC(=O)C[C@H](O)[C@H](CC(C)C)NC(=O)C(Cc1cscn1)NC(=O)[C@H](Cc1ccnc2ccccc12)NC(=O)OCc1ccccc1. The zero-order valence-electron chi connectivity index (χ0n) is 31.2. The van der Waals surface area contributed by atoms with Crippen molar-refractivity contribution < 1.29 is 34.1 Å². The first-order valence-electron chi connectivity index (χ1n) is 18.3. The first kappa shape index (κ1) is 41.8. The van der Waals surface area contributed by atoms with Crippen LogP contribution in [0.4, 0.5) is 4.79 Å².